The highest BCUT2D eigenvalue weighted by molar-refractivity contribution is 7.92. The Morgan fingerprint density at radius 2 is 1.91 bits per heavy atom. The van der Waals surface area contributed by atoms with Crippen LogP contribution in [0.3, 0.4) is 0 Å². The molecule has 1 aliphatic heterocycles. The maximum absolute atomic E-state index is 13.9. The van der Waals surface area contributed by atoms with Gasteiger partial charge in [0, 0.05) is 37.1 Å². The summed E-state index contributed by atoms with van der Waals surface area (Å²) in [4.78, 5) is 21.4. The lowest BCUT2D eigenvalue weighted by atomic mass is 10.2. The number of hydrogen-bond donors (Lipinski definition) is 1. The molecule has 1 amide bonds. The Morgan fingerprint density at radius 3 is 2.66 bits per heavy atom. The molecule has 1 aromatic heterocycles. The fourth-order valence-corrected chi connectivity index (χ4v) is 5.49. The maximum atomic E-state index is 13.9. The third kappa shape index (κ3) is 4.91. The van der Waals surface area contributed by atoms with Gasteiger partial charge < -0.3 is 9.80 Å². The topological polar surface area (TPSA) is 82.6 Å². The molecule has 7 nitrogen and oxygen atoms in total. The van der Waals surface area contributed by atoms with Crippen molar-refractivity contribution in [1.82, 2.24) is 9.88 Å². The number of aromatic nitrogens is 1. The van der Waals surface area contributed by atoms with E-state index in [1.54, 1.807) is 22.3 Å². The number of nitrogens with one attached hydrogen (secondary N) is 1. The zero-order valence-electron chi connectivity index (χ0n) is 17.5. The minimum atomic E-state index is -4.05. The van der Waals surface area contributed by atoms with E-state index in [0.717, 1.165) is 23.8 Å². The highest BCUT2D eigenvalue weighted by Gasteiger charge is 2.23. The Labute approximate surface area is 190 Å². The predicted octanol–water partition coefficient (Wildman–Crippen LogP) is 3.74. The minimum Gasteiger partial charge on any atom is -0.346 e. The first-order valence-electron chi connectivity index (χ1n) is 10.2. The van der Waals surface area contributed by atoms with Crippen LogP contribution < -0.4 is 9.62 Å². The molecule has 32 heavy (non-hydrogen) atoms. The van der Waals surface area contributed by atoms with Gasteiger partial charge in [0.2, 0.25) is 0 Å². The number of amides is 1. The number of hydrogen-bond acceptors (Lipinski definition) is 6. The SMILES string of the molecule is Cc1csc(N2CCCN(C(=O)c3cccc(S(=O)(=O)Nc4ccccc4F)c3)CC2)n1. The quantitative estimate of drug-likeness (QED) is 0.609. The molecule has 1 fully saturated rings. The zero-order chi connectivity index (χ0) is 22.7. The molecule has 0 atom stereocenters. The van der Waals surface area contributed by atoms with Crippen molar-refractivity contribution >= 4 is 38.1 Å². The van der Waals surface area contributed by atoms with Crippen LogP contribution in [0.1, 0.15) is 22.5 Å². The van der Waals surface area contributed by atoms with E-state index in [4.69, 9.17) is 0 Å². The number of aryl methyl sites for hydroxylation is 1. The van der Waals surface area contributed by atoms with Gasteiger partial charge in [0.25, 0.3) is 15.9 Å². The van der Waals surface area contributed by atoms with Crippen molar-refractivity contribution in [3.63, 3.8) is 0 Å². The van der Waals surface area contributed by atoms with Crippen molar-refractivity contribution in [1.29, 1.82) is 0 Å². The molecule has 1 saturated heterocycles. The molecule has 0 spiro atoms. The van der Waals surface area contributed by atoms with Crippen molar-refractivity contribution in [2.75, 3.05) is 35.8 Å². The second kappa shape index (κ2) is 9.25. The Kier molecular flexibility index (Phi) is 6.43. The fraction of sp³-hybridized carbons (Fsp3) is 0.273. The average molecular weight is 475 g/mol. The summed E-state index contributed by atoms with van der Waals surface area (Å²) >= 11 is 1.59. The first kappa shape index (κ1) is 22.2. The monoisotopic (exact) mass is 474 g/mol. The molecule has 1 N–H and O–H groups in total. The van der Waals surface area contributed by atoms with Crippen LogP contribution in [0.5, 0.6) is 0 Å². The third-order valence-corrected chi connectivity index (χ3v) is 7.55. The number of halogens is 1. The average Bonchev–Trinajstić information content (AvgIpc) is 3.06. The van der Waals surface area contributed by atoms with Crippen LogP contribution in [-0.2, 0) is 10.0 Å². The normalized spacial score (nSPS) is 14.8. The number of anilines is 2. The summed E-state index contributed by atoms with van der Waals surface area (Å²) in [6.07, 6.45) is 0.789. The molecule has 0 aliphatic carbocycles. The van der Waals surface area contributed by atoms with Gasteiger partial charge in [-0.3, -0.25) is 9.52 Å². The molecule has 3 aromatic rings. The zero-order valence-corrected chi connectivity index (χ0v) is 19.1. The number of rotatable bonds is 5. The summed E-state index contributed by atoms with van der Waals surface area (Å²) in [5.41, 5.74) is 1.11. The van der Waals surface area contributed by atoms with Crippen LogP contribution in [0, 0.1) is 12.7 Å². The predicted molar refractivity (Wildman–Crippen MR) is 123 cm³/mol. The van der Waals surface area contributed by atoms with Crippen molar-refractivity contribution in [3.05, 3.63) is 71.0 Å². The Balaban J connectivity index is 1.49. The summed E-state index contributed by atoms with van der Waals surface area (Å²) in [7, 11) is -4.05. The molecule has 1 aliphatic rings. The standard InChI is InChI=1S/C22H23FN4O3S2/c1-16-15-31-22(24-16)27-11-5-10-26(12-13-27)21(28)17-6-4-7-18(14-17)32(29,30)25-20-9-3-2-8-19(20)23/h2-4,6-9,14-15,25H,5,10-13H2,1H3. The number of thiazole rings is 1. The van der Waals surface area contributed by atoms with Crippen LogP contribution in [0.25, 0.3) is 0 Å². The summed E-state index contributed by atoms with van der Waals surface area (Å²) < 4.78 is 41.6. The first-order chi connectivity index (χ1) is 15.3. The number of benzene rings is 2. The number of para-hydroxylation sites is 1. The van der Waals surface area contributed by atoms with E-state index in [1.165, 1.54) is 42.5 Å². The molecule has 4 rings (SSSR count). The van der Waals surface area contributed by atoms with Gasteiger partial charge in [0.15, 0.2) is 5.13 Å². The van der Waals surface area contributed by atoms with E-state index < -0.39 is 15.8 Å². The van der Waals surface area contributed by atoms with Crippen LogP contribution in [0.4, 0.5) is 15.2 Å². The van der Waals surface area contributed by atoms with E-state index in [-0.39, 0.29) is 22.1 Å². The molecular formula is C22H23FN4O3S2. The summed E-state index contributed by atoms with van der Waals surface area (Å²) in [5.74, 6) is -0.905. The van der Waals surface area contributed by atoms with E-state index in [9.17, 15) is 17.6 Å². The van der Waals surface area contributed by atoms with Gasteiger partial charge >= 0.3 is 0 Å². The second-order valence-corrected chi connectivity index (χ2v) is 10.0. The number of carbonyl (C=O) groups excluding carboxylic acids is 1. The van der Waals surface area contributed by atoms with Crippen molar-refractivity contribution in [2.24, 2.45) is 0 Å². The number of nitrogens with zero attached hydrogens (tertiary/aromatic N) is 3. The minimum absolute atomic E-state index is 0.0960. The molecule has 2 aromatic carbocycles. The lowest BCUT2D eigenvalue weighted by Gasteiger charge is -2.22. The van der Waals surface area contributed by atoms with Gasteiger partial charge in [-0.25, -0.2) is 17.8 Å². The Morgan fingerprint density at radius 1 is 1.09 bits per heavy atom. The summed E-state index contributed by atoms with van der Waals surface area (Å²) in [5, 5.41) is 2.95. The Bertz CT molecular complexity index is 1230. The van der Waals surface area contributed by atoms with Crippen LogP contribution in [-0.4, -0.2) is 50.4 Å². The van der Waals surface area contributed by atoms with Crippen LogP contribution >= 0.6 is 11.3 Å². The van der Waals surface area contributed by atoms with Crippen LogP contribution in [0.15, 0.2) is 58.8 Å². The summed E-state index contributed by atoms with van der Waals surface area (Å²) in [6, 6.07) is 11.4. The molecule has 168 valence electrons. The van der Waals surface area contributed by atoms with Crippen molar-refractivity contribution in [3.8, 4) is 0 Å². The largest absolute Gasteiger partial charge is 0.346 e. The molecule has 0 radical (unpaired) electrons. The third-order valence-electron chi connectivity index (χ3n) is 5.17. The van der Waals surface area contributed by atoms with Gasteiger partial charge in [0.05, 0.1) is 16.3 Å². The van der Waals surface area contributed by atoms with Gasteiger partial charge in [-0.2, -0.15) is 0 Å². The molecule has 0 unspecified atom stereocenters. The molecular weight excluding hydrogens is 451 g/mol. The molecule has 10 heteroatoms. The highest BCUT2D eigenvalue weighted by atomic mass is 32.2. The first-order valence-corrected chi connectivity index (χ1v) is 12.5. The smallest absolute Gasteiger partial charge is 0.262 e. The van der Waals surface area contributed by atoms with E-state index in [2.05, 4.69) is 14.6 Å². The van der Waals surface area contributed by atoms with Gasteiger partial charge in [-0.05, 0) is 43.7 Å². The molecule has 2 heterocycles. The molecule has 0 saturated carbocycles. The van der Waals surface area contributed by atoms with Gasteiger partial charge in [-0.15, -0.1) is 11.3 Å². The summed E-state index contributed by atoms with van der Waals surface area (Å²) in [6.45, 7) is 4.50. The maximum Gasteiger partial charge on any atom is 0.262 e. The van der Waals surface area contributed by atoms with Gasteiger partial charge in [0.1, 0.15) is 5.82 Å². The highest BCUT2D eigenvalue weighted by Crippen LogP contribution is 2.23. The van der Waals surface area contributed by atoms with E-state index >= 15 is 0 Å². The van der Waals surface area contributed by atoms with Crippen molar-refractivity contribution in [2.45, 2.75) is 18.2 Å². The lowest BCUT2D eigenvalue weighted by Crippen LogP contribution is -2.35. The van der Waals surface area contributed by atoms with Crippen molar-refractivity contribution < 1.29 is 17.6 Å². The van der Waals surface area contributed by atoms with E-state index in [1.807, 2.05) is 12.3 Å². The Hall–Kier alpha value is -2.98. The second-order valence-electron chi connectivity index (χ2n) is 7.52. The lowest BCUT2D eigenvalue weighted by molar-refractivity contribution is 0.0766. The van der Waals surface area contributed by atoms with E-state index in [0.29, 0.717) is 19.6 Å². The number of carbonyl (C=O) groups is 1. The van der Waals surface area contributed by atoms with Crippen LogP contribution in [0.2, 0.25) is 0 Å². The van der Waals surface area contributed by atoms with Gasteiger partial charge in [-0.1, -0.05) is 18.2 Å². The number of sulfonamides is 1. The fourth-order valence-electron chi connectivity index (χ4n) is 3.53. The molecule has 0 bridgehead atoms.